The molecule has 7 heteroatoms. The maximum atomic E-state index is 12.2. The van der Waals surface area contributed by atoms with Gasteiger partial charge in [0.05, 0.1) is 19.3 Å². The predicted octanol–water partition coefficient (Wildman–Crippen LogP) is 1.45. The Morgan fingerprint density at radius 2 is 1.86 bits per heavy atom. The van der Waals surface area contributed by atoms with Gasteiger partial charge in [0.2, 0.25) is 11.8 Å². The number of halogens is 1. The molecule has 1 aliphatic rings. The number of amides is 2. The molecule has 0 aromatic heterocycles. The SMILES string of the molecule is COc1ccc(Cl)cc1NCC(=O)N1CCN(C(C)=O)CC1. The van der Waals surface area contributed by atoms with Crippen molar-refractivity contribution < 1.29 is 14.3 Å². The fraction of sp³-hybridized carbons (Fsp3) is 0.467. The Hall–Kier alpha value is -1.95. The molecule has 2 rings (SSSR count). The van der Waals surface area contributed by atoms with Crippen LogP contribution in [0.1, 0.15) is 6.92 Å². The molecule has 0 saturated carbocycles. The van der Waals surface area contributed by atoms with E-state index in [9.17, 15) is 9.59 Å². The number of benzene rings is 1. The summed E-state index contributed by atoms with van der Waals surface area (Å²) in [6.45, 7) is 4.00. The van der Waals surface area contributed by atoms with Crippen LogP contribution in [-0.2, 0) is 9.59 Å². The summed E-state index contributed by atoms with van der Waals surface area (Å²) in [7, 11) is 1.57. The molecule has 0 bridgehead atoms. The highest BCUT2D eigenvalue weighted by atomic mass is 35.5. The van der Waals surface area contributed by atoms with Gasteiger partial charge in [-0.15, -0.1) is 0 Å². The number of nitrogens with zero attached hydrogens (tertiary/aromatic N) is 2. The van der Waals surface area contributed by atoms with Crippen LogP contribution in [0.2, 0.25) is 5.02 Å². The zero-order chi connectivity index (χ0) is 16.1. The number of hydrogen-bond donors (Lipinski definition) is 1. The number of nitrogens with one attached hydrogen (secondary N) is 1. The Balaban J connectivity index is 1.88. The molecule has 1 N–H and O–H groups in total. The quantitative estimate of drug-likeness (QED) is 0.910. The summed E-state index contributed by atoms with van der Waals surface area (Å²) < 4.78 is 5.23. The van der Waals surface area contributed by atoms with Gasteiger partial charge in [-0.3, -0.25) is 9.59 Å². The fourth-order valence-electron chi connectivity index (χ4n) is 2.37. The second-order valence-electron chi connectivity index (χ2n) is 5.09. The molecule has 0 unspecified atom stereocenters. The van der Waals surface area contributed by atoms with Crippen LogP contribution in [-0.4, -0.2) is 61.4 Å². The van der Waals surface area contributed by atoms with E-state index in [2.05, 4.69) is 5.32 Å². The van der Waals surface area contributed by atoms with Gasteiger partial charge in [0.25, 0.3) is 0 Å². The summed E-state index contributed by atoms with van der Waals surface area (Å²) in [5.41, 5.74) is 0.686. The number of rotatable bonds is 4. The van der Waals surface area contributed by atoms with E-state index in [0.29, 0.717) is 42.6 Å². The van der Waals surface area contributed by atoms with Gasteiger partial charge >= 0.3 is 0 Å². The molecule has 22 heavy (non-hydrogen) atoms. The fourth-order valence-corrected chi connectivity index (χ4v) is 2.54. The van der Waals surface area contributed by atoms with Crippen molar-refractivity contribution in [1.82, 2.24) is 9.80 Å². The van der Waals surface area contributed by atoms with Crippen molar-refractivity contribution in [2.24, 2.45) is 0 Å². The van der Waals surface area contributed by atoms with E-state index >= 15 is 0 Å². The average Bonchev–Trinajstić information content (AvgIpc) is 2.52. The molecular formula is C15H20ClN3O3. The van der Waals surface area contributed by atoms with Gasteiger partial charge < -0.3 is 19.9 Å². The minimum atomic E-state index is -0.00905. The summed E-state index contributed by atoms with van der Waals surface area (Å²) in [5.74, 6) is 0.678. The van der Waals surface area contributed by atoms with Crippen molar-refractivity contribution >= 4 is 29.1 Å². The zero-order valence-electron chi connectivity index (χ0n) is 12.8. The molecule has 6 nitrogen and oxygen atoms in total. The Kier molecular flexibility index (Phi) is 5.49. The predicted molar refractivity (Wildman–Crippen MR) is 85.3 cm³/mol. The van der Waals surface area contributed by atoms with Crippen LogP contribution < -0.4 is 10.1 Å². The molecule has 1 aliphatic heterocycles. The van der Waals surface area contributed by atoms with E-state index in [4.69, 9.17) is 16.3 Å². The van der Waals surface area contributed by atoms with E-state index < -0.39 is 0 Å². The first-order chi connectivity index (χ1) is 10.5. The lowest BCUT2D eigenvalue weighted by molar-refractivity contribution is -0.137. The second kappa shape index (κ2) is 7.35. The van der Waals surface area contributed by atoms with E-state index in [0.717, 1.165) is 0 Å². The minimum Gasteiger partial charge on any atom is -0.495 e. The first-order valence-corrected chi connectivity index (χ1v) is 7.49. The van der Waals surface area contributed by atoms with Crippen molar-refractivity contribution in [2.45, 2.75) is 6.92 Å². The van der Waals surface area contributed by atoms with Crippen molar-refractivity contribution in [3.8, 4) is 5.75 Å². The molecule has 1 aromatic rings. The molecule has 1 heterocycles. The molecule has 0 radical (unpaired) electrons. The number of anilines is 1. The van der Waals surface area contributed by atoms with E-state index in [-0.39, 0.29) is 18.4 Å². The summed E-state index contributed by atoms with van der Waals surface area (Å²) in [4.78, 5) is 27.0. The monoisotopic (exact) mass is 325 g/mol. The first-order valence-electron chi connectivity index (χ1n) is 7.12. The Labute approximate surface area is 135 Å². The molecule has 2 amide bonds. The van der Waals surface area contributed by atoms with Gasteiger partial charge in [-0.25, -0.2) is 0 Å². The smallest absolute Gasteiger partial charge is 0.241 e. The van der Waals surface area contributed by atoms with Crippen LogP contribution >= 0.6 is 11.6 Å². The molecule has 1 fully saturated rings. The lowest BCUT2D eigenvalue weighted by Gasteiger charge is -2.34. The molecule has 0 aliphatic carbocycles. The number of ether oxygens (including phenoxy) is 1. The zero-order valence-corrected chi connectivity index (χ0v) is 13.5. The topological polar surface area (TPSA) is 61.9 Å². The third kappa shape index (κ3) is 4.04. The van der Waals surface area contributed by atoms with Crippen LogP contribution in [0.3, 0.4) is 0 Å². The van der Waals surface area contributed by atoms with Gasteiger partial charge in [0, 0.05) is 38.1 Å². The molecule has 1 aromatic carbocycles. The molecule has 1 saturated heterocycles. The van der Waals surface area contributed by atoms with Gasteiger partial charge in [0.1, 0.15) is 5.75 Å². The van der Waals surface area contributed by atoms with Gasteiger partial charge in [0.15, 0.2) is 0 Å². The number of methoxy groups -OCH3 is 1. The minimum absolute atomic E-state index is 0.00905. The van der Waals surface area contributed by atoms with E-state index in [1.54, 1.807) is 42.0 Å². The third-order valence-electron chi connectivity index (χ3n) is 3.67. The highest BCUT2D eigenvalue weighted by Crippen LogP contribution is 2.27. The third-order valence-corrected chi connectivity index (χ3v) is 3.90. The van der Waals surface area contributed by atoms with E-state index in [1.807, 2.05) is 0 Å². The summed E-state index contributed by atoms with van der Waals surface area (Å²) >= 11 is 5.96. The average molecular weight is 326 g/mol. The maximum absolute atomic E-state index is 12.2. The molecular weight excluding hydrogens is 306 g/mol. The molecule has 0 spiro atoms. The van der Waals surface area contributed by atoms with Crippen LogP contribution in [0.25, 0.3) is 0 Å². The summed E-state index contributed by atoms with van der Waals surface area (Å²) in [6, 6.07) is 5.20. The second-order valence-corrected chi connectivity index (χ2v) is 5.52. The largest absolute Gasteiger partial charge is 0.495 e. The van der Waals surface area contributed by atoms with Gasteiger partial charge in [-0.2, -0.15) is 0 Å². The lowest BCUT2D eigenvalue weighted by atomic mass is 10.2. The highest BCUT2D eigenvalue weighted by Gasteiger charge is 2.22. The standard InChI is InChI=1S/C15H20ClN3O3/c1-11(20)18-5-7-19(8-6-18)15(21)10-17-13-9-12(16)3-4-14(13)22-2/h3-4,9,17H,5-8,10H2,1-2H3. The number of piperazine rings is 1. The number of carbonyl (C=O) groups is 2. The van der Waals surface area contributed by atoms with Crippen LogP contribution in [0, 0.1) is 0 Å². The number of carbonyl (C=O) groups excluding carboxylic acids is 2. The van der Waals surface area contributed by atoms with Crippen LogP contribution in [0.4, 0.5) is 5.69 Å². The van der Waals surface area contributed by atoms with Crippen molar-refractivity contribution in [3.05, 3.63) is 23.2 Å². The van der Waals surface area contributed by atoms with Gasteiger partial charge in [-0.05, 0) is 18.2 Å². The summed E-state index contributed by atoms with van der Waals surface area (Å²) in [6.07, 6.45) is 0. The molecule has 0 atom stereocenters. The van der Waals surface area contributed by atoms with Crippen LogP contribution in [0.5, 0.6) is 5.75 Å². The van der Waals surface area contributed by atoms with E-state index in [1.165, 1.54) is 0 Å². The molecule has 120 valence electrons. The Morgan fingerprint density at radius 3 is 2.45 bits per heavy atom. The Bertz CT molecular complexity index is 557. The van der Waals surface area contributed by atoms with Crippen molar-refractivity contribution in [1.29, 1.82) is 0 Å². The highest BCUT2D eigenvalue weighted by molar-refractivity contribution is 6.30. The summed E-state index contributed by atoms with van der Waals surface area (Å²) in [5, 5.41) is 3.63. The maximum Gasteiger partial charge on any atom is 0.241 e. The normalized spacial score (nSPS) is 14.7. The lowest BCUT2D eigenvalue weighted by Crippen LogP contribution is -2.51. The van der Waals surface area contributed by atoms with Crippen LogP contribution in [0.15, 0.2) is 18.2 Å². The Morgan fingerprint density at radius 1 is 1.23 bits per heavy atom. The van der Waals surface area contributed by atoms with Gasteiger partial charge in [-0.1, -0.05) is 11.6 Å². The van der Waals surface area contributed by atoms with Crippen molar-refractivity contribution in [2.75, 3.05) is 45.2 Å². The van der Waals surface area contributed by atoms with Crippen molar-refractivity contribution in [3.63, 3.8) is 0 Å². The number of hydrogen-bond acceptors (Lipinski definition) is 4. The first kappa shape index (κ1) is 16.4.